The van der Waals surface area contributed by atoms with E-state index in [0.29, 0.717) is 0 Å². The molecule has 14 heavy (non-hydrogen) atoms. The summed E-state index contributed by atoms with van der Waals surface area (Å²) < 4.78 is 29.9. The molecular formula is C8H15NO4S. The Balaban J connectivity index is 4.45. The zero-order chi connectivity index (χ0) is 11.5. The van der Waals surface area contributed by atoms with Gasteiger partial charge in [-0.3, -0.25) is 9.35 Å². The van der Waals surface area contributed by atoms with Gasteiger partial charge in [0.15, 0.2) is 0 Å². The van der Waals surface area contributed by atoms with Crippen LogP contribution in [0.5, 0.6) is 0 Å². The molecule has 0 heterocycles. The van der Waals surface area contributed by atoms with Crippen molar-refractivity contribution in [2.75, 3.05) is 0 Å². The van der Waals surface area contributed by atoms with Gasteiger partial charge in [-0.25, -0.2) is 0 Å². The number of carbonyl (C=O) groups is 1. The van der Waals surface area contributed by atoms with Crippen LogP contribution >= 0.6 is 0 Å². The van der Waals surface area contributed by atoms with Gasteiger partial charge in [0.2, 0.25) is 5.91 Å². The lowest BCUT2D eigenvalue weighted by Crippen LogP contribution is -2.38. The van der Waals surface area contributed by atoms with Crippen LogP contribution in [-0.4, -0.2) is 24.9 Å². The second-order valence-electron chi connectivity index (χ2n) is 3.33. The van der Waals surface area contributed by atoms with Crippen molar-refractivity contribution in [1.82, 2.24) is 5.32 Å². The Morgan fingerprint density at radius 2 is 1.79 bits per heavy atom. The van der Waals surface area contributed by atoms with Crippen LogP contribution in [0.3, 0.4) is 0 Å². The molecule has 0 aromatic rings. The number of hydrogen-bond donors (Lipinski definition) is 2. The molecule has 1 atom stereocenters. The van der Waals surface area contributed by atoms with Crippen LogP contribution in [0.25, 0.3) is 0 Å². The van der Waals surface area contributed by atoms with Gasteiger partial charge in [-0.05, 0) is 6.92 Å². The predicted octanol–water partition coefficient (Wildman–Crippen LogP) is 0.549. The summed E-state index contributed by atoms with van der Waals surface area (Å²) in [6.45, 7) is 7.98. The lowest BCUT2D eigenvalue weighted by molar-refractivity contribution is -0.124. The Morgan fingerprint density at radius 1 is 1.36 bits per heavy atom. The molecule has 0 radical (unpaired) electrons. The first kappa shape index (κ1) is 13.1. The minimum absolute atomic E-state index is 0.244. The maximum Gasteiger partial charge on any atom is 0.292 e. The van der Waals surface area contributed by atoms with E-state index in [9.17, 15) is 13.2 Å². The van der Waals surface area contributed by atoms with E-state index in [1.807, 2.05) is 0 Å². The van der Waals surface area contributed by atoms with Gasteiger partial charge in [-0.15, -0.1) is 0 Å². The molecule has 2 N–H and O–H groups in total. The Hall–Kier alpha value is -0.880. The van der Waals surface area contributed by atoms with Gasteiger partial charge < -0.3 is 5.32 Å². The standard InChI is InChI=1S/C8H15NO4S/c1-5(2)8(10)9-6(3)7(4)14(11,12)13/h5-6H,4H2,1-3H3,(H,9,10)(H,11,12,13). The average Bonchev–Trinajstić information content (AvgIpc) is 2.00. The van der Waals surface area contributed by atoms with Crippen molar-refractivity contribution in [3.63, 3.8) is 0 Å². The summed E-state index contributed by atoms with van der Waals surface area (Å²) >= 11 is 0. The summed E-state index contributed by atoms with van der Waals surface area (Å²) in [5, 5.41) is 2.41. The number of hydrogen-bond acceptors (Lipinski definition) is 3. The van der Waals surface area contributed by atoms with Crippen molar-refractivity contribution in [2.45, 2.75) is 26.8 Å². The third kappa shape index (κ3) is 3.89. The quantitative estimate of drug-likeness (QED) is 0.679. The molecule has 5 nitrogen and oxygen atoms in total. The van der Waals surface area contributed by atoms with E-state index < -0.39 is 21.1 Å². The first-order chi connectivity index (χ1) is 6.16. The van der Waals surface area contributed by atoms with Gasteiger partial charge in [0.1, 0.15) is 0 Å². The van der Waals surface area contributed by atoms with Gasteiger partial charge in [0.05, 0.1) is 10.9 Å². The smallest absolute Gasteiger partial charge is 0.292 e. The molecule has 0 aliphatic rings. The molecule has 0 rings (SSSR count). The second-order valence-corrected chi connectivity index (χ2v) is 4.80. The van der Waals surface area contributed by atoms with E-state index in [1.54, 1.807) is 13.8 Å². The second kappa shape index (κ2) is 4.56. The van der Waals surface area contributed by atoms with Gasteiger partial charge >= 0.3 is 0 Å². The summed E-state index contributed by atoms with van der Waals surface area (Å²) in [7, 11) is -4.28. The fourth-order valence-corrected chi connectivity index (χ4v) is 1.19. The van der Waals surface area contributed by atoms with Crippen LogP contribution < -0.4 is 5.32 Å². The predicted molar refractivity (Wildman–Crippen MR) is 53.1 cm³/mol. The Morgan fingerprint density at radius 3 is 2.07 bits per heavy atom. The van der Waals surface area contributed by atoms with Gasteiger partial charge in [-0.2, -0.15) is 8.42 Å². The normalized spacial score (nSPS) is 13.8. The minimum Gasteiger partial charge on any atom is -0.349 e. The van der Waals surface area contributed by atoms with E-state index in [2.05, 4.69) is 11.9 Å². The third-order valence-electron chi connectivity index (χ3n) is 1.70. The van der Waals surface area contributed by atoms with Crippen molar-refractivity contribution >= 4 is 16.0 Å². The molecule has 1 unspecified atom stereocenters. The van der Waals surface area contributed by atoms with Crippen LogP contribution in [-0.2, 0) is 14.9 Å². The van der Waals surface area contributed by atoms with E-state index >= 15 is 0 Å². The molecule has 0 aliphatic carbocycles. The van der Waals surface area contributed by atoms with Crippen LogP contribution in [0.15, 0.2) is 11.5 Å². The zero-order valence-corrected chi connectivity index (χ0v) is 9.26. The lowest BCUT2D eigenvalue weighted by atomic mass is 10.2. The van der Waals surface area contributed by atoms with Crippen LogP contribution in [0.4, 0.5) is 0 Å². The van der Waals surface area contributed by atoms with Crippen molar-refractivity contribution in [3.8, 4) is 0 Å². The highest BCUT2D eigenvalue weighted by molar-refractivity contribution is 7.89. The summed E-state index contributed by atoms with van der Waals surface area (Å²) in [6, 6.07) is -0.792. The monoisotopic (exact) mass is 221 g/mol. The number of amides is 1. The molecular weight excluding hydrogens is 206 g/mol. The Bertz CT molecular complexity index is 331. The van der Waals surface area contributed by atoms with E-state index in [-0.39, 0.29) is 11.8 Å². The summed E-state index contributed by atoms with van der Waals surface area (Å²) in [5.41, 5.74) is 0. The number of carbonyl (C=O) groups excluding carboxylic acids is 1. The molecule has 0 saturated carbocycles. The van der Waals surface area contributed by atoms with Crippen molar-refractivity contribution in [1.29, 1.82) is 0 Å². The SMILES string of the molecule is C=C(C(C)NC(=O)C(C)C)S(=O)(=O)O. The molecule has 0 fully saturated rings. The molecule has 1 amide bonds. The highest BCUT2D eigenvalue weighted by atomic mass is 32.2. The summed E-state index contributed by atoms with van der Waals surface area (Å²) in [6.07, 6.45) is 0. The number of rotatable bonds is 4. The largest absolute Gasteiger partial charge is 0.349 e. The molecule has 0 saturated heterocycles. The fourth-order valence-electron chi connectivity index (χ4n) is 0.684. The third-order valence-corrected chi connectivity index (χ3v) is 2.71. The van der Waals surface area contributed by atoms with Gasteiger partial charge in [-0.1, -0.05) is 20.4 Å². The lowest BCUT2D eigenvalue weighted by Gasteiger charge is -2.15. The molecule has 0 aliphatic heterocycles. The Labute approximate surface area is 83.9 Å². The van der Waals surface area contributed by atoms with E-state index in [1.165, 1.54) is 6.92 Å². The Kier molecular flexibility index (Phi) is 4.28. The molecule has 6 heteroatoms. The maximum absolute atomic E-state index is 11.2. The van der Waals surface area contributed by atoms with Gasteiger partial charge in [0, 0.05) is 5.92 Å². The van der Waals surface area contributed by atoms with Crippen molar-refractivity contribution in [3.05, 3.63) is 11.5 Å². The highest BCUT2D eigenvalue weighted by Crippen LogP contribution is 2.07. The van der Waals surface area contributed by atoms with E-state index in [0.717, 1.165) is 0 Å². The minimum atomic E-state index is -4.28. The van der Waals surface area contributed by atoms with Gasteiger partial charge in [0.25, 0.3) is 10.1 Å². The van der Waals surface area contributed by atoms with Crippen molar-refractivity contribution in [2.24, 2.45) is 5.92 Å². The fraction of sp³-hybridized carbons (Fsp3) is 0.625. The summed E-state index contributed by atoms with van der Waals surface area (Å²) in [5.74, 6) is -0.533. The van der Waals surface area contributed by atoms with E-state index in [4.69, 9.17) is 4.55 Å². The maximum atomic E-state index is 11.2. The molecule has 0 bridgehead atoms. The molecule has 0 spiro atoms. The summed E-state index contributed by atoms with van der Waals surface area (Å²) in [4.78, 5) is 10.7. The average molecular weight is 221 g/mol. The molecule has 0 aromatic carbocycles. The number of nitrogens with one attached hydrogen (secondary N) is 1. The first-order valence-corrected chi connectivity index (χ1v) is 5.57. The molecule has 0 aromatic heterocycles. The van der Waals surface area contributed by atoms with Crippen LogP contribution in [0, 0.1) is 5.92 Å². The van der Waals surface area contributed by atoms with Crippen molar-refractivity contribution < 1.29 is 17.8 Å². The van der Waals surface area contributed by atoms with Crippen LogP contribution in [0.2, 0.25) is 0 Å². The zero-order valence-electron chi connectivity index (χ0n) is 8.44. The topological polar surface area (TPSA) is 83.5 Å². The highest BCUT2D eigenvalue weighted by Gasteiger charge is 2.20. The first-order valence-electron chi connectivity index (χ1n) is 4.13. The molecule has 82 valence electrons. The van der Waals surface area contributed by atoms with Crippen LogP contribution in [0.1, 0.15) is 20.8 Å².